The summed E-state index contributed by atoms with van der Waals surface area (Å²) in [5.41, 5.74) is -1.96. The summed E-state index contributed by atoms with van der Waals surface area (Å²) in [5, 5.41) is 13.1. The van der Waals surface area contributed by atoms with Crippen molar-refractivity contribution in [1.29, 1.82) is 0 Å². The second-order valence-electron chi connectivity index (χ2n) is 5.68. The molecule has 1 aliphatic heterocycles. The van der Waals surface area contributed by atoms with Gasteiger partial charge in [-0.3, -0.25) is 9.59 Å². The standard InChI is InChI=1S/C14H12ClF3N6O2/c1-23-6-7(4-11(23)25)20-13(26)8-5-19-24(12(8)14(16,17)18)10-3-2-9(15)21-22-10/h2-3,5,7H,4,6H2,1H3,(H,20,26)/t7-/m0/s1. The summed E-state index contributed by atoms with van der Waals surface area (Å²) in [6.45, 7) is 0.225. The van der Waals surface area contributed by atoms with E-state index in [1.807, 2.05) is 0 Å². The molecule has 26 heavy (non-hydrogen) atoms. The van der Waals surface area contributed by atoms with Crippen molar-refractivity contribution in [3.05, 3.63) is 34.7 Å². The molecule has 2 aromatic heterocycles. The van der Waals surface area contributed by atoms with Crippen molar-refractivity contribution in [3.63, 3.8) is 0 Å². The van der Waals surface area contributed by atoms with Crippen molar-refractivity contribution in [2.24, 2.45) is 0 Å². The third-order valence-corrected chi connectivity index (χ3v) is 4.00. The number of likely N-dealkylation sites (N-methyl/N-ethyl adjacent to an activating group) is 1. The van der Waals surface area contributed by atoms with E-state index in [-0.39, 0.29) is 29.8 Å². The molecule has 1 atom stereocenters. The third-order valence-electron chi connectivity index (χ3n) is 3.79. The van der Waals surface area contributed by atoms with E-state index in [9.17, 15) is 22.8 Å². The second-order valence-corrected chi connectivity index (χ2v) is 6.07. The molecule has 0 aliphatic carbocycles. The van der Waals surface area contributed by atoms with Crippen LogP contribution in [0.25, 0.3) is 5.82 Å². The minimum atomic E-state index is -4.87. The maximum atomic E-state index is 13.5. The maximum absolute atomic E-state index is 13.5. The summed E-state index contributed by atoms with van der Waals surface area (Å²) in [4.78, 5) is 25.2. The van der Waals surface area contributed by atoms with Crippen LogP contribution >= 0.6 is 11.6 Å². The molecule has 12 heteroatoms. The molecule has 0 saturated carbocycles. The average Bonchev–Trinajstić information content (AvgIpc) is 3.12. The Bertz CT molecular complexity index is 851. The molecule has 0 aromatic carbocycles. The topological polar surface area (TPSA) is 93.0 Å². The molecule has 1 fully saturated rings. The summed E-state index contributed by atoms with van der Waals surface area (Å²) in [5.74, 6) is -1.41. The van der Waals surface area contributed by atoms with Gasteiger partial charge in [0, 0.05) is 20.0 Å². The summed E-state index contributed by atoms with van der Waals surface area (Å²) in [6.07, 6.45) is -4.04. The van der Waals surface area contributed by atoms with Gasteiger partial charge in [0.15, 0.2) is 16.7 Å². The van der Waals surface area contributed by atoms with Crippen LogP contribution in [0.4, 0.5) is 13.2 Å². The average molecular weight is 389 g/mol. The van der Waals surface area contributed by atoms with Crippen LogP contribution in [0.3, 0.4) is 0 Å². The van der Waals surface area contributed by atoms with Gasteiger partial charge in [0.05, 0.1) is 17.8 Å². The first-order chi connectivity index (χ1) is 12.2. The predicted octanol–water partition coefficient (Wildman–Crippen LogP) is 1.29. The van der Waals surface area contributed by atoms with E-state index in [4.69, 9.17) is 11.6 Å². The van der Waals surface area contributed by atoms with Gasteiger partial charge in [0.2, 0.25) is 5.91 Å². The highest BCUT2D eigenvalue weighted by Crippen LogP contribution is 2.33. The molecule has 0 radical (unpaired) electrons. The minimum absolute atomic E-state index is 0.00227. The smallest absolute Gasteiger partial charge is 0.347 e. The number of aromatic nitrogens is 4. The summed E-state index contributed by atoms with van der Waals surface area (Å²) in [6, 6.07) is 1.88. The maximum Gasteiger partial charge on any atom is 0.434 e. The number of carbonyl (C=O) groups is 2. The van der Waals surface area contributed by atoms with Gasteiger partial charge in [-0.15, -0.1) is 10.2 Å². The number of likely N-dealkylation sites (tertiary alicyclic amines) is 1. The van der Waals surface area contributed by atoms with Crippen LogP contribution in [0.1, 0.15) is 22.5 Å². The fraction of sp³-hybridized carbons (Fsp3) is 0.357. The molecule has 2 aromatic rings. The normalized spacial score (nSPS) is 17.7. The molecular weight excluding hydrogens is 377 g/mol. The molecule has 2 amide bonds. The second kappa shape index (κ2) is 6.56. The lowest BCUT2D eigenvalue weighted by Gasteiger charge is -2.14. The van der Waals surface area contributed by atoms with Crippen molar-refractivity contribution >= 4 is 23.4 Å². The van der Waals surface area contributed by atoms with E-state index in [1.54, 1.807) is 7.05 Å². The van der Waals surface area contributed by atoms with Crippen molar-refractivity contribution in [1.82, 2.24) is 30.2 Å². The first-order valence-electron chi connectivity index (χ1n) is 7.36. The molecule has 8 nitrogen and oxygen atoms in total. The fourth-order valence-electron chi connectivity index (χ4n) is 2.61. The Labute approximate surface area is 149 Å². The summed E-state index contributed by atoms with van der Waals surface area (Å²) < 4.78 is 41.1. The zero-order chi connectivity index (χ0) is 19.1. The quantitative estimate of drug-likeness (QED) is 0.855. The Morgan fingerprint density at radius 1 is 1.35 bits per heavy atom. The van der Waals surface area contributed by atoms with Crippen LogP contribution in [0.15, 0.2) is 18.3 Å². The Kier molecular flexibility index (Phi) is 4.57. The number of hydrogen-bond acceptors (Lipinski definition) is 5. The van der Waals surface area contributed by atoms with Gasteiger partial charge in [-0.05, 0) is 12.1 Å². The molecule has 1 N–H and O–H groups in total. The Hall–Kier alpha value is -2.69. The van der Waals surface area contributed by atoms with E-state index in [2.05, 4.69) is 20.6 Å². The van der Waals surface area contributed by atoms with E-state index < -0.39 is 29.4 Å². The highest BCUT2D eigenvalue weighted by atomic mass is 35.5. The number of amides is 2. The van der Waals surface area contributed by atoms with E-state index in [1.165, 1.54) is 17.0 Å². The van der Waals surface area contributed by atoms with E-state index in [0.29, 0.717) is 4.68 Å². The predicted molar refractivity (Wildman–Crippen MR) is 82.7 cm³/mol. The van der Waals surface area contributed by atoms with Gasteiger partial charge < -0.3 is 10.2 Å². The Morgan fingerprint density at radius 3 is 2.62 bits per heavy atom. The number of rotatable bonds is 3. The molecule has 0 unspecified atom stereocenters. The summed E-state index contributed by atoms with van der Waals surface area (Å²) in [7, 11) is 1.55. The molecule has 0 bridgehead atoms. The minimum Gasteiger partial charge on any atom is -0.347 e. The first-order valence-corrected chi connectivity index (χ1v) is 7.74. The molecule has 0 spiro atoms. The van der Waals surface area contributed by atoms with Gasteiger partial charge in [-0.2, -0.15) is 18.3 Å². The highest BCUT2D eigenvalue weighted by molar-refractivity contribution is 6.29. The lowest BCUT2D eigenvalue weighted by molar-refractivity contribution is -0.143. The lowest BCUT2D eigenvalue weighted by Crippen LogP contribution is -2.37. The number of hydrogen-bond donors (Lipinski definition) is 1. The molecule has 3 rings (SSSR count). The van der Waals surface area contributed by atoms with Crippen LogP contribution in [0.5, 0.6) is 0 Å². The van der Waals surface area contributed by atoms with Crippen LogP contribution in [-0.2, 0) is 11.0 Å². The van der Waals surface area contributed by atoms with Crippen molar-refractivity contribution in [3.8, 4) is 5.82 Å². The van der Waals surface area contributed by atoms with Gasteiger partial charge in [0.25, 0.3) is 5.91 Å². The Morgan fingerprint density at radius 2 is 2.08 bits per heavy atom. The van der Waals surface area contributed by atoms with Crippen LogP contribution in [0.2, 0.25) is 5.15 Å². The van der Waals surface area contributed by atoms with Gasteiger partial charge >= 0.3 is 6.18 Å². The highest BCUT2D eigenvalue weighted by Gasteiger charge is 2.41. The monoisotopic (exact) mass is 388 g/mol. The number of nitrogens with one attached hydrogen (secondary N) is 1. The first kappa shape index (κ1) is 18.1. The van der Waals surface area contributed by atoms with Crippen LogP contribution < -0.4 is 5.32 Å². The van der Waals surface area contributed by atoms with Crippen molar-refractivity contribution in [2.45, 2.75) is 18.6 Å². The van der Waals surface area contributed by atoms with Gasteiger partial charge in [0.1, 0.15) is 0 Å². The lowest BCUT2D eigenvalue weighted by atomic mass is 10.2. The van der Waals surface area contributed by atoms with Crippen LogP contribution in [0, 0.1) is 0 Å². The molecular formula is C14H12ClF3N6O2. The van der Waals surface area contributed by atoms with E-state index in [0.717, 1.165) is 6.20 Å². The number of carbonyl (C=O) groups excluding carboxylic acids is 2. The van der Waals surface area contributed by atoms with Crippen molar-refractivity contribution < 1.29 is 22.8 Å². The fourth-order valence-corrected chi connectivity index (χ4v) is 2.71. The van der Waals surface area contributed by atoms with Gasteiger partial charge in [-0.25, -0.2) is 4.68 Å². The molecule has 1 saturated heterocycles. The summed E-state index contributed by atoms with van der Waals surface area (Å²) >= 11 is 5.58. The largest absolute Gasteiger partial charge is 0.434 e. The number of alkyl halides is 3. The number of nitrogens with zero attached hydrogens (tertiary/aromatic N) is 5. The van der Waals surface area contributed by atoms with E-state index >= 15 is 0 Å². The zero-order valence-electron chi connectivity index (χ0n) is 13.3. The third kappa shape index (κ3) is 3.47. The Balaban J connectivity index is 1.93. The van der Waals surface area contributed by atoms with Crippen molar-refractivity contribution in [2.75, 3.05) is 13.6 Å². The molecule has 3 heterocycles. The number of halogens is 4. The van der Waals surface area contributed by atoms with Crippen LogP contribution in [-0.4, -0.2) is 56.3 Å². The van der Waals surface area contributed by atoms with Gasteiger partial charge in [-0.1, -0.05) is 11.6 Å². The SMILES string of the molecule is CN1C[C@@H](NC(=O)c2cnn(-c3ccc(Cl)nn3)c2C(F)(F)F)CC1=O. The molecule has 1 aliphatic rings. The molecule has 138 valence electrons. The zero-order valence-corrected chi connectivity index (χ0v) is 14.0.